The van der Waals surface area contributed by atoms with Gasteiger partial charge in [-0.25, -0.2) is 4.79 Å². The van der Waals surface area contributed by atoms with Gasteiger partial charge in [-0.15, -0.1) is 0 Å². The van der Waals surface area contributed by atoms with Gasteiger partial charge < -0.3 is 14.9 Å². The van der Waals surface area contributed by atoms with Crippen LogP contribution >= 0.6 is 0 Å². The number of phenols is 2. The maximum Gasteiger partial charge on any atom is 0.337 e. The monoisotopic (exact) mass is 244 g/mol. The van der Waals surface area contributed by atoms with Crippen molar-refractivity contribution >= 4 is 5.97 Å². The molecule has 0 fully saturated rings. The number of aromatic hydroxyl groups is 2. The molecule has 0 aliphatic heterocycles. The first-order chi connectivity index (χ1) is 8.61. The summed E-state index contributed by atoms with van der Waals surface area (Å²) in [5, 5.41) is 18.6. The average Bonchev–Trinajstić information content (AvgIpc) is 2.41. The average molecular weight is 244 g/mol. The number of carbonyl (C=O) groups excluding carboxylic acids is 1. The number of hydrogen-bond donors (Lipinski definition) is 2. The summed E-state index contributed by atoms with van der Waals surface area (Å²) in [5.74, 6) is -0.732. The van der Waals surface area contributed by atoms with Gasteiger partial charge >= 0.3 is 5.97 Å². The van der Waals surface area contributed by atoms with Crippen molar-refractivity contribution < 1.29 is 19.7 Å². The summed E-state index contributed by atoms with van der Waals surface area (Å²) in [6.07, 6.45) is 0. The summed E-state index contributed by atoms with van der Waals surface area (Å²) in [5.41, 5.74) is 2.05. The molecule has 0 saturated heterocycles. The Bertz CT molecular complexity index is 573. The third-order valence-electron chi connectivity index (χ3n) is 2.61. The second kappa shape index (κ2) is 4.79. The number of hydrogen-bond acceptors (Lipinski definition) is 4. The molecule has 4 nitrogen and oxygen atoms in total. The molecule has 2 rings (SSSR count). The Hall–Kier alpha value is -2.49. The minimum atomic E-state index is -0.393. The van der Waals surface area contributed by atoms with Crippen LogP contribution in [0.5, 0.6) is 11.5 Å². The number of phenolic OH excluding ortho intramolecular Hbond substituents is 2. The third-order valence-corrected chi connectivity index (χ3v) is 2.61. The topological polar surface area (TPSA) is 66.8 Å². The van der Waals surface area contributed by atoms with Crippen LogP contribution in [0.15, 0.2) is 42.5 Å². The molecular weight excluding hydrogens is 232 g/mol. The van der Waals surface area contributed by atoms with Crippen LogP contribution < -0.4 is 0 Å². The molecule has 2 aromatic carbocycles. The Balaban J connectivity index is 2.34. The largest absolute Gasteiger partial charge is 0.504 e. The highest BCUT2D eigenvalue weighted by Crippen LogP contribution is 2.30. The van der Waals surface area contributed by atoms with Crippen molar-refractivity contribution in [2.24, 2.45) is 0 Å². The molecule has 0 unspecified atom stereocenters. The fourth-order valence-electron chi connectivity index (χ4n) is 1.62. The normalized spacial score (nSPS) is 10.1. The Morgan fingerprint density at radius 1 is 0.944 bits per heavy atom. The maximum atomic E-state index is 11.3. The van der Waals surface area contributed by atoms with Gasteiger partial charge in [0.05, 0.1) is 12.7 Å². The van der Waals surface area contributed by atoms with Crippen molar-refractivity contribution in [3.63, 3.8) is 0 Å². The van der Waals surface area contributed by atoms with E-state index in [9.17, 15) is 15.0 Å². The van der Waals surface area contributed by atoms with Crippen LogP contribution in [0.4, 0.5) is 0 Å². The van der Waals surface area contributed by atoms with Gasteiger partial charge in [-0.05, 0) is 35.4 Å². The van der Waals surface area contributed by atoms with E-state index < -0.39 is 5.97 Å². The van der Waals surface area contributed by atoms with E-state index in [4.69, 9.17) is 0 Å². The van der Waals surface area contributed by atoms with Gasteiger partial charge in [-0.2, -0.15) is 0 Å². The second-order valence-corrected chi connectivity index (χ2v) is 3.77. The summed E-state index contributed by atoms with van der Waals surface area (Å²) in [4.78, 5) is 11.3. The quantitative estimate of drug-likeness (QED) is 0.629. The number of esters is 1. The highest BCUT2D eigenvalue weighted by Gasteiger charge is 2.06. The lowest BCUT2D eigenvalue weighted by molar-refractivity contribution is 0.0601. The minimum Gasteiger partial charge on any atom is -0.504 e. The lowest BCUT2D eigenvalue weighted by atomic mass is 10.0. The maximum absolute atomic E-state index is 11.3. The van der Waals surface area contributed by atoms with Crippen molar-refractivity contribution in [2.45, 2.75) is 0 Å². The van der Waals surface area contributed by atoms with E-state index in [0.717, 1.165) is 11.1 Å². The van der Waals surface area contributed by atoms with E-state index in [1.165, 1.54) is 19.2 Å². The van der Waals surface area contributed by atoms with Gasteiger partial charge in [0.15, 0.2) is 11.5 Å². The zero-order valence-electron chi connectivity index (χ0n) is 9.75. The summed E-state index contributed by atoms with van der Waals surface area (Å²) in [6, 6.07) is 11.3. The Morgan fingerprint density at radius 3 is 2.11 bits per heavy atom. The van der Waals surface area contributed by atoms with E-state index in [0.29, 0.717) is 5.56 Å². The van der Waals surface area contributed by atoms with E-state index in [-0.39, 0.29) is 11.5 Å². The molecule has 2 N–H and O–H groups in total. The predicted molar refractivity (Wildman–Crippen MR) is 66.5 cm³/mol. The number of benzene rings is 2. The summed E-state index contributed by atoms with van der Waals surface area (Å²) >= 11 is 0. The lowest BCUT2D eigenvalue weighted by Gasteiger charge is -2.05. The van der Waals surface area contributed by atoms with E-state index in [1.54, 1.807) is 30.3 Å². The molecule has 4 heteroatoms. The van der Waals surface area contributed by atoms with Gasteiger partial charge in [-0.1, -0.05) is 18.2 Å². The molecule has 0 amide bonds. The van der Waals surface area contributed by atoms with Gasteiger partial charge in [0.25, 0.3) is 0 Å². The highest BCUT2D eigenvalue weighted by molar-refractivity contribution is 5.90. The minimum absolute atomic E-state index is 0.162. The molecule has 0 heterocycles. The van der Waals surface area contributed by atoms with Crippen LogP contribution in [0, 0.1) is 0 Å². The Morgan fingerprint density at radius 2 is 1.56 bits per heavy atom. The van der Waals surface area contributed by atoms with Crippen molar-refractivity contribution in [2.75, 3.05) is 7.11 Å². The standard InChI is InChI=1S/C14H12O4/c1-18-14(17)10-4-2-9(3-5-10)11-6-7-12(15)13(16)8-11/h2-8,15-16H,1H3. The molecule has 92 valence electrons. The van der Waals surface area contributed by atoms with Crippen LogP contribution in [0.1, 0.15) is 10.4 Å². The molecule has 0 aliphatic rings. The van der Waals surface area contributed by atoms with Crippen molar-refractivity contribution in [3.8, 4) is 22.6 Å². The third kappa shape index (κ3) is 2.27. The van der Waals surface area contributed by atoms with Gasteiger partial charge in [0.2, 0.25) is 0 Å². The molecule has 0 aromatic heterocycles. The molecule has 2 aromatic rings. The fourth-order valence-corrected chi connectivity index (χ4v) is 1.62. The van der Waals surface area contributed by atoms with Crippen LogP contribution in [0.25, 0.3) is 11.1 Å². The van der Waals surface area contributed by atoms with Gasteiger partial charge in [0.1, 0.15) is 0 Å². The molecule has 0 bridgehead atoms. The van der Waals surface area contributed by atoms with Crippen molar-refractivity contribution in [1.29, 1.82) is 0 Å². The number of rotatable bonds is 2. The Labute approximate surface area is 104 Å². The molecule has 18 heavy (non-hydrogen) atoms. The number of methoxy groups -OCH3 is 1. The van der Waals surface area contributed by atoms with Crippen LogP contribution in [0.2, 0.25) is 0 Å². The van der Waals surface area contributed by atoms with Crippen molar-refractivity contribution in [1.82, 2.24) is 0 Å². The zero-order chi connectivity index (χ0) is 13.1. The lowest BCUT2D eigenvalue weighted by Crippen LogP contribution is -2.00. The van der Waals surface area contributed by atoms with Crippen LogP contribution in [-0.2, 0) is 4.74 Å². The smallest absolute Gasteiger partial charge is 0.337 e. The Kier molecular flexibility index (Phi) is 3.19. The summed E-state index contributed by atoms with van der Waals surface area (Å²) in [7, 11) is 1.33. The highest BCUT2D eigenvalue weighted by atomic mass is 16.5. The van der Waals surface area contributed by atoms with Gasteiger partial charge in [-0.3, -0.25) is 0 Å². The molecule has 0 atom stereocenters. The van der Waals surface area contributed by atoms with Gasteiger partial charge in [0, 0.05) is 0 Å². The first-order valence-electron chi connectivity index (χ1n) is 5.32. The SMILES string of the molecule is COC(=O)c1ccc(-c2ccc(O)c(O)c2)cc1. The first-order valence-corrected chi connectivity index (χ1v) is 5.32. The van der Waals surface area contributed by atoms with E-state index >= 15 is 0 Å². The van der Waals surface area contributed by atoms with E-state index in [2.05, 4.69) is 4.74 Å². The molecule has 0 aliphatic carbocycles. The molecule has 0 spiro atoms. The number of ether oxygens (including phenoxy) is 1. The van der Waals surface area contributed by atoms with E-state index in [1.807, 2.05) is 0 Å². The number of carbonyl (C=O) groups is 1. The molecular formula is C14H12O4. The predicted octanol–water partition coefficient (Wildman–Crippen LogP) is 2.55. The molecule has 0 saturated carbocycles. The first kappa shape index (κ1) is 12.0. The summed E-state index contributed by atoms with van der Waals surface area (Å²) in [6.45, 7) is 0. The second-order valence-electron chi connectivity index (χ2n) is 3.77. The van der Waals surface area contributed by atoms with Crippen LogP contribution in [-0.4, -0.2) is 23.3 Å². The molecule has 0 radical (unpaired) electrons. The fraction of sp³-hybridized carbons (Fsp3) is 0.0714. The van der Waals surface area contributed by atoms with Crippen LogP contribution in [0.3, 0.4) is 0 Å². The van der Waals surface area contributed by atoms with Crippen molar-refractivity contribution in [3.05, 3.63) is 48.0 Å². The summed E-state index contributed by atoms with van der Waals surface area (Å²) < 4.78 is 4.60. The zero-order valence-corrected chi connectivity index (χ0v) is 9.75.